The number of hydrogen-bond acceptors (Lipinski definition) is 4. The molecule has 1 aromatic carbocycles. The summed E-state index contributed by atoms with van der Waals surface area (Å²) in [5.74, 6) is -2.20. The summed E-state index contributed by atoms with van der Waals surface area (Å²) in [6.07, 6.45) is 2.35. The maximum Gasteiger partial charge on any atom is 0.325 e. The smallest absolute Gasteiger partial charge is 0.324 e. The lowest BCUT2D eigenvalue weighted by Gasteiger charge is -2.15. The van der Waals surface area contributed by atoms with Gasteiger partial charge in [0.2, 0.25) is 5.91 Å². The third-order valence-electron chi connectivity index (χ3n) is 3.70. The standard InChI is InChI=1S/C17H18ClFN4O4/c1-17(2)15(26)23(16(27)20-17)8-7-14(25)22-21-13(24)6-4-10-3-5-12(19)11(18)9-10/h3-6,9H,7-8H2,1-2H3,(H,20,27)(H,21,24)(H,22,25)/b6-4+. The maximum absolute atomic E-state index is 13.1. The van der Waals surface area contributed by atoms with E-state index >= 15 is 0 Å². The van der Waals surface area contributed by atoms with Crippen LogP contribution in [0.15, 0.2) is 24.3 Å². The fraction of sp³-hybridized carbons (Fsp3) is 0.294. The summed E-state index contributed by atoms with van der Waals surface area (Å²) in [7, 11) is 0. The number of nitrogens with zero attached hydrogens (tertiary/aromatic N) is 1. The van der Waals surface area contributed by atoms with Crippen LogP contribution in [0.2, 0.25) is 5.02 Å². The molecule has 0 spiro atoms. The molecule has 0 bridgehead atoms. The molecule has 144 valence electrons. The second-order valence-electron chi connectivity index (χ2n) is 6.31. The van der Waals surface area contributed by atoms with E-state index < -0.39 is 35.1 Å². The molecule has 8 nitrogen and oxygen atoms in total. The number of carbonyl (C=O) groups is 4. The van der Waals surface area contributed by atoms with Gasteiger partial charge < -0.3 is 5.32 Å². The molecular weight excluding hydrogens is 379 g/mol. The van der Waals surface area contributed by atoms with Gasteiger partial charge in [0.05, 0.1) is 5.02 Å². The van der Waals surface area contributed by atoms with E-state index in [1.165, 1.54) is 24.3 Å². The number of nitrogens with one attached hydrogen (secondary N) is 3. The monoisotopic (exact) mass is 396 g/mol. The molecule has 3 N–H and O–H groups in total. The molecule has 1 aliphatic heterocycles. The summed E-state index contributed by atoms with van der Waals surface area (Å²) in [5, 5.41) is 2.43. The van der Waals surface area contributed by atoms with Gasteiger partial charge in [-0.05, 0) is 37.6 Å². The molecule has 0 saturated carbocycles. The number of urea groups is 1. The van der Waals surface area contributed by atoms with E-state index in [1.807, 2.05) is 0 Å². The van der Waals surface area contributed by atoms with Gasteiger partial charge in [0.1, 0.15) is 11.4 Å². The van der Waals surface area contributed by atoms with Crippen LogP contribution in [0.25, 0.3) is 6.08 Å². The molecule has 1 aromatic rings. The topological polar surface area (TPSA) is 108 Å². The van der Waals surface area contributed by atoms with Crippen LogP contribution in [0.4, 0.5) is 9.18 Å². The number of imide groups is 1. The molecule has 1 heterocycles. The van der Waals surface area contributed by atoms with Crippen molar-refractivity contribution in [3.8, 4) is 0 Å². The van der Waals surface area contributed by atoms with Gasteiger partial charge in [-0.1, -0.05) is 17.7 Å². The Labute approximate surface area is 159 Å². The van der Waals surface area contributed by atoms with Gasteiger partial charge in [-0.15, -0.1) is 0 Å². The Hall–Kier alpha value is -2.94. The first-order valence-electron chi connectivity index (χ1n) is 7.96. The molecule has 27 heavy (non-hydrogen) atoms. The molecule has 0 aliphatic carbocycles. The van der Waals surface area contributed by atoms with E-state index in [2.05, 4.69) is 16.2 Å². The van der Waals surface area contributed by atoms with Crippen molar-refractivity contribution in [1.29, 1.82) is 0 Å². The summed E-state index contributed by atoms with van der Waals surface area (Å²) >= 11 is 5.64. The molecule has 2 rings (SSSR count). The minimum atomic E-state index is -1.00. The first-order chi connectivity index (χ1) is 12.6. The Balaban J connectivity index is 1.77. The Morgan fingerprint density at radius 3 is 2.59 bits per heavy atom. The van der Waals surface area contributed by atoms with Crippen LogP contribution in [0, 0.1) is 5.82 Å². The van der Waals surface area contributed by atoms with Crippen molar-refractivity contribution >= 4 is 41.4 Å². The quantitative estimate of drug-likeness (QED) is 0.397. The molecule has 0 unspecified atom stereocenters. The number of benzene rings is 1. The first-order valence-corrected chi connectivity index (χ1v) is 8.34. The van der Waals surface area contributed by atoms with Crippen molar-refractivity contribution in [2.75, 3.05) is 6.54 Å². The van der Waals surface area contributed by atoms with Gasteiger partial charge in [-0.25, -0.2) is 9.18 Å². The molecule has 5 amide bonds. The predicted molar refractivity (Wildman–Crippen MR) is 95.7 cm³/mol. The van der Waals surface area contributed by atoms with Crippen LogP contribution in [-0.4, -0.2) is 40.7 Å². The summed E-state index contributed by atoms with van der Waals surface area (Å²) in [4.78, 5) is 48.0. The van der Waals surface area contributed by atoms with Crippen molar-refractivity contribution in [2.24, 2.45) is 0 Å². The SMILES string of the molecule is CC1(C)NC(=O)N(CCC(=O)NNC(=O)/C=C/c2ccc(F)c(Cl)c2)C1=O. The van der Waals surface area contributed by atoms with E-state index in [9.17, 15) is 23.6 Å². The van der Waals surface area contributed by atoms with Crippen LogP contribution in [0.5, 0.6) is 0 Å². The van der Waals surface area contributed by atoms with E-state index in [0.717, 1.165) is 11.0 Å². The van der Waals surface area contributed by atoms with Crippen LogP contribution >= 0.6 is 11.6 Å². The molecule has 1 saturated heterocycles. The first kappa shape index (κ1) is 20.4. The van der Waals surface area contributed by atoms with E-state index in [0.29, 0.717) is 5.56 Å². The van der Waals surface area contributed by atoms with Crippen LogP contribution in [0.1, 0.15) is 25.8 Å². The average Bonchev–Trinajstić information content (AvgIpc) is 2.79. The van der Waals surface area contributed by atoms with Crippen LogP contribution in [-0.2, 0) is 14.4 Å². The van der Waals surface area contributed by atoms with Gasteiger partial charge in [-0.3, -0.25) is 30.1 Å². The number of hydrazine groups is 1. The molecule has 10 heteroatoms. The number of hydrogen-bond donors (Lipinski definition) is 3. The summed E-state index contributed by atoms with van der Waals surface area (Å²) in [5.41, 5.74) is 3.82. The molecule has 0 atom stereocenters. The zero-order valence-corrected chi connectivity index (χ0v) is 15.4. The van der Waals surface area contributed by atoms with E-state index in [1.54, 1.807) is 13.8 Å². The van der Waals surface area contributed by atoms with Crippen LogP contribution < -0.4 is 16.2 Å². The second-order valence-corrected chi connectivity index (χ2v) is 6.71. The lowest BCUT2D eigenvalue weighted by atomic mass is 10.1. The molecule has 1 fully saturated rings. The average molecular weight is 397 g/mol. The Morgan fingerprint density at radius 1 is 1.30 bits per heavy atom. The van der Waals surface area contributed by atoms with Gasteiger partial charge >= 0.3 is 6.03 Å². The Morgan fingerprint density at radius 2 is 2.00 bits per heavy atom. The Bertz CT molecular complexity index is 825. The number of rotatable bonds is 5. The predicted octanol–water partition coefficient (Wildman–Crippen LogP) is 1.36. The van der Waals surface area contributed by atoms with Crippen LogP contribution in [0.3, 0.4) is 0 Å². The van der Waals surface area contributed by atoms with Crippen molar-refractivity contribution < 1.29 is 23.6 Å². The normalized spacial score (nSPS) is 15.8. The zero-order chi connectivity index (χ0) is 20.2. The minimum absolute atomic E-state index is 0.0745. The van der Waals surface area contributed by atoms with Crippen molar-refractivity contribution in [2.45, 2.75) is 25.8 Å². The van der Waals surface area contributed by atoms with E-state index in [-0.39, 0.29) is 18.0 Å². The number of halogens is 2. The highest BCUT2D eigenvalue weighted by atomic mass is 35.5. The molecule has 1 aliphatic rings. The van der Waals surface area contributed by atoms with Crippen molar-refractivity contribution in [3.63, 3.8) is 0 Å². The second kappa shape index (κ2) is 8.17. The minimum Gasteiger partial charge on any atom is -0.324 e. The maximum atomic E-state index is 13.1. The lowest BCUT2D eigenvalue weighted by Crippen LogP contribution is -2.43. The molecule has 0 aromatic heterocycles. The Kier molecular flexibility index (Phi) is 6.17. The lowest BCUT2D eigenvalue weighted by molar-refractivity contribution is -0.131. The fourth-order valence-electron chi connectivity index (χ4n) is 2.26. The van der Waals surface area contributed by atoms with Crippen molar-refractivity contribution in [1.82, 2.24) is 21.1 Å². The fourth-order valence-corrected chi connectivity index (χ4v) is 2.45. The number of carbonyl (C=O) groups excluding carboxylic acids is 4. The van der Waals surface area contributed by atoms with Gasteiger partial charge in [0, 0.05) is 19.0 Å². The van der Waals surface area contributed by atoms with Gasteiger partial charge in [0.15, 0.2) is 0 Å². The molecule has 0 radical (unpaired) electrons. The highest BCUT2D eigenvalue weighted by Crippen LogP contribution is 2.17. The molecular formula is C17H18ClFN4O4. The highest BCUT2D eigenvalue weighted by molar-refractivity contribution is 6.30. The third-order valence-corrected chi connectivity index (χ3v) is 3.99. The van der Waals surface area contributed by atoms with Gasteiger partial charge in [0.25, 0.3) is 11.8 Å². The zero-order valence-electron chi connectivity index (χ0n) is 14.6. The number of amides is 5. The third kappa shape index (κ3) is 5.27. The largest absolute Gasteiger partial charge is 0.325 e. The summed E-state index contributed by atoms with van der Waals surface area (Å²) in [6, 6.07) is 3.38. The summed E-state index contributed by atoms with van der Waals surface area (Å²) in [6.45, 7) is 3.02. The van der Waals surface area contributed by atoms with Crippen molar-refractivity contribution in [3.05, 3.63) is 40.7 Å². The van der Waals surface area contributed by atoms with Gasteiger partial charge in [-0.2, -0.15) is 0 Å². The van der Waals surface area contributed by atoms with E-state index in [4.69, 9.17) is 11.6 Å². The highest BCUT2D eigenvalue weighted by Gasteiger charge is 2.43. The summed E-state index contributed by atoms with van der Waals surface area (Å²) < 4.78 is 13.1.